The molecular weight excluding hydrogens is 315 g/mol. The predicted molar refractivity (Wildman–Crippen MR) is 84.2 cm³/mol. The van der Waals surface area contributed by atoms with Gasteiger partial charge in [-0.3, -0.25) is 24.8 Å². The van der Waals surface area contributed by atoms with E-state index in [9.17, 15) is 18.8 Å². The fraction of sp³-hybridized carbons (Fsp3) is 0.438. The fourth-order valence-electron chi connectivity index (χ4n) is 2.99. The molecule has 0 bridgehead atoms. The standard InChI is InChI=1S/C16H19FN4O3/c1-19-16(24)13(15(23)18-19)10-14(22)21-8-6-20(7-9-21)12-4-2-11(17)3-5-12/h2-5,13H,6-10H2,1H3,(H,18,23). The third-order valence-corrected chi connectivity index (χ3v) is 4.43. The molecule has 1 aromatic rings. The van der Waals surface area contributed by atoms with Crippen molar-refractivity contribution >= 4 is 23.4 Å². The Morgan fingerprint density at radius 2 is 1.79 bits per heavy atom. The van der Waals surface area contributed by atoms with Gasteiger partial charge in [0.15, 0.2) is 0 Å². The molecule has 2 aliphatic heterocycles. The number of hydrogen-bond donors (Lipinski definition) is 1. The van der Waals surface area contributed by atoms with Gasteiger partial charge in [0.2, 0.25) is 5.91 Å². The number of carbonyl (C=O) groups is 3. The van der Waals surface area contributed by atoms with Gasteiger partial charge in [-0.2, -0.15) is 0 Å². The zero-order chi connectivity index (χ0) is 17.3. The third kappa shape index (κ3) is 3.17. The van der Waals surface area contributed by atoms with Crippen molar-refractivity contribution < 1.29 is 18.8 Å². The van der Waals surface area contributed by atoms with Crippen LogP contribution in [0.1, 0.15) is 6.42 Å². The molecule has 3 amide bonds. The average molecular weight is 334 g/mol. The zero-order valence-corrected chi connectivity index (χ0v) is 13.4. The van der Waals surface area contributed by atoms with Gasteiger partial charge in [0, 0.05) is 45.3 Å². The van der Waals surface area contributed by atoms with E-state index < -0.39 is 11.8 Å². The number of benzene rings is 1. The van der Waals surface area contributed by atoms with E-state index in [4.69, 9.17) is 0 Å². The Labute approximate surface area is 139 Å². The van der Waals surface area contributed by atoms with E-state index >= 15 is 0 Å². The summed E-state index contributed by atoms with van der Waals surface area (Å²) in [6.45, 7) is 2.27. The summed E-state index contributed by atoms with van der Waals surface area (Å²) in [4.78, 5) is 39.6. The molecule has 0 aliphatic carbocycles. The molecule has 0 aromatic heterocycles. The number of halogens is 1. The van der Waals surface area contributed by atoms with Crippen molar-refractivity contribution in [3.63, 3.8) is 0 Å². The Morgan fingerprint density at radius 3 is 2.33 bits per heavy atom. The smallest absolute Gasteiger partial charge is 0.253 e. The highest BCUT2D eigenvalue weighted by Gasteiger charge is 2.39. The monoisotopic (exact) mass is 334 g/mol. The fourth-order valence-corrected chi connectivity index (χ4v) is 2.99. The molecule has 7 nitrogen and oxygen atoms in total. The quantitative estimate of drug-likeness (QED) is 0.789. The summed E-state index contributed by atoms with van der Waals surface area (Å²) < 4.78 is 13.0. The Hall–Kier alpha value is -2.64. The van der Waals surface area contributed by atoms with Crippen LogP contribution >= 0.6 is 0 Å². The van der Waals surface area contributed by atoms with Gasteiger partial charge in [0.1, 0.15) is 11.7 Å². The van der Waals surface area contributed by atoms with Crippen LogP contribution in [0.3, 0.4) is 0 Å². The number of carbonyl (C=O) groups excluding carboxylic acids is 3. The van der Waals surface area contributed by atoms with Crippen LogP contribution in [0.2, 0.25) is 0 Å². The summed E-state index contributed by atoms with van der Waals surface area (Å²) in [6.07, 6.45) is -0.106. The lowest BCUT2D eigenvalue weighted by Gasteiger charge is -2.36. The third-order valence-electron chi connectivity index (χ3n) is 4.43. The molecule has 24 heavy (non-hydrogen) atoms. The predicted octanol–water partition coefficient (Wildman–Crippen LogP) is -0.0162. The van der Waals surface area contributed by atoms with Crippen molar-refractivity contribution in [2.24, 2.45) is 5.92 Å². The number of rotatable bonds is 3. The molecule has 0 spiro atoms. The second-order valence-electron chi connectivity index (χ2n) is 5.97. The first-order valence-corrected chi connectivity index (χ1v) is 7.82. The van der Waals surface area contributed by atoms with Crippen LogP contribution in [0.15, 0.2) is 24.3 Å². The van der Waals surface area contributed by atoms with Crippen molar-refractivity contribution in [2.45, 2.75) is 6.42 Å². The molecule has 8 heteroatoms. The number of nitrogens with zero attached hydrogens (tertiary/aromatic N) is 3. The number of piperazine rings is 1. The molecule has 2 aliphatic rings. The van der Waals surface area contributed by atoms with Crippen LogP contribution in [-0.2, 0) is 14.4 Å². The van der Waals surface area contributed by atoms with Gasteiger partial charge in [-0.05, 0) is 24.3 Å². The molecule has 0 radical (unpaired) electrons. The topological polar surface area (TPSA) is 73.0 Å². The highest BCUT2D eigenvalue weighted by Crippen LogP contribution is 2.19. The molecule has 3 rings (SSSR count). The summed E-state index contributed by atoms with van der Waals surface area (Å²) in [6, 6.07) is 6.25. The first kappa shape index (κ1) is 16.2. The molecule has 128 valence electrons. The van der Waals surface area contributed by atoms with E-state index in [-0.39, 0.29) is 24.1 Å². The van der Waals surface area contributed by atoms with Crippen LogP contribution in [-0.4, -0.2) is 60.9 Å². The first-order valence-electron chi connectivity index (χ1n) is 7.82. The first-order chi connectivity index (χ1) is 11.5. The van der Waals surface area contributed by atoms with E-state index in [0.717, 1.165) is 10.7 Å². The molecule has 1 atom stereocenters. The summed E-state index contributed by atoms with van der Waals surface area (Å²) in [7, 11) is 1.46. The van der Waals surface area contributed by atoms with Gasteiger partial charge in [-0.15, -0.1) is 0 Å². The molecule has 2 fully saturated rings. The number of nitrogens with one attached hydrogen (secondary N) is 1. The molecular formula is C16H19FN4O3. The molecule has 2 saturated heterocycles. The normalized spacial score (nSPS) is 21.2. The average Bonchev–Trinajstić information content (AvgIpc) is 2.82. The van der Waals surface area contributed by atoms with Gasteiger partial charge < -0.3 is 9.80 Å². The van der Waals surface area contributed by atoms with Gasteiger partial charge in [-0.25, -0.2) is 4.39 Å². The SMILES string of the molecule is CN1NC(=O)C(CC(=O)N2CCN(c3ccc(F)cc3)CC2)C1=O. The lowest BCUT2D eigenvalue weighted by Crippen LogP contribution is -2.49. The summed E-state index contributed by atoms with van der Waals surface area (Å²) in [5, 5.41) is 1.12. The molecule has 1 aromatic carbocycles. The number of hydrogen-bond acceptors (Lipinski definition) is 4. The van der Waals surface area contributed by atoms with E-state index in [2.05, 4.69) is 10.3 Å². The lowest BCUT2D eigenvalue weighted by atomic mass is 10.0. The molecule has 1 N–H and O–H groups in total. The molecule has 1 unspecified atom stereocenters. The van der Waals surface area contributed by atoms with Crippen LogP contribution in [0.4, 0.5) is 10.1 Å². The number of anilines is 1. The van der Waals surface area contributed by atoms with Crippen molar-refractivity contribution in [1.82, 2.24) is 15.3 Å². The minimum absolute atomic E-state index is 0.106. The van der Waals surface area contributed by atoms with Gasteiger partial charge in [0.25, 0.3) is 11.8 Å². The number of amides is 3. The van der Waals surface area contributed by atoms with E-state index in [1.165, 1.54) is 19.2 Å². The van der Waals surface area contributed by atoms with Gasteiger partial charge >= 0.3 is 0 Å². The van der Waals surface area contributed by atoms with Gasteiger partial charge in [-0.1, -0.05) is 0 Å². The molecule has 0 saturated carbocycles. The highest BCUT2D eigenvalue weighted by molar-refractivity contribution is 6.07. The Morgan fingerprint density at radius 1 is 1.17 bits per heavy atom. The second kappa shape index (κ2) is 6.46. The van der Waals surface area contributed by atoms with Crippen molar-refractivity contribution in [3.05, 3.63) is 30.1 Å². The summed E-state index contributed by atoms with van der Waals surface area (Å²) >= 11 is 0. The summed E-state index contributed by atoms with van der Waals surface area (Å²) in [5.74, 6) is -2.22. The van der Waals surface area contributed by atoms with E-state index in [1.807, 2.05) is 0 Å². The van der Waals surface area contributed by atoms with Crippen molar-refractivity contribution in [2.75, 3.05) is 38.1 Å². The Bertz CT molecular complexity index is 656. The van der Waals surface area contributed by atoms with Crippen LogP contribution in [0.25, 0.3) is 0 Å². The van der Waals surface area contributed by atoms with Crippen molar-refractivity contribution in [1.29, 1.82) is 0 Å². The molecule has 2 heterocycles. The van der Waals surface area contributed by atoms with Crippen LogP contribution in [0, 0.1) is 11.7 Å². The van der Waals surface area contributed by atoms with Crippen molar-refractivity contribution in [3.8, 4) is 0 Å². The van der Waals surface area contributed by atoms with Crippen LogP contribution in [0.5, 0.6) is 0 Å². The second-order valence-corrected chi connectivity index (χ2v) is 5.97. The Balaban J connectivity index is 1.54. The highest BCUT2D eigenvalue weighted by atomic mass is 19.1. The van der Waals surface area contributed by atoms with Crippen LogP contribution < -0.4 is 10.3 Å². The minimum atomic E-state index is -0.933. The largest absolute Gasteiger partial charge is 0.368 e. The zero-order valence-electron chi connectivity index (χ0n) is 13.4. The van der Waals surface area contributed by atoms with E-state index in [0.29, 0.717) is 26.2 Å². The van der Waals surface area contributed by atoms with E-state index in [1.54, 1.807) is 17.0 Å². The Kier molecular flexibility index (Phi) is 4.37. The maximum absolute atomic E-state index is 13.0. The summed E-state index contributed by atoms with van der Waals surface area (Å²) in [5.41, 5.74) is 3.31. The minimum Gasteiger partial charge on any atom is -0.368 e. The lowest BCUT2D eigenvalue weighted by molar-refractivity contribution is -0.139. The maximum atomic E-state index is 13.0. The van der Waals surface area contributed by atoms with Gasteiger partial charge in [0.05, 0.1) is 0 Å². The maximum Gasteiger partial charge on any atom is 0.253 e. The number of hydrazine groups is 1.